The second-order valence-electron chi connectivity index (χ2n) is 5.46. The van der Waals surface area contributed by atoms with Crippen LogP contribution in [-0.2, 0) is 0 Å². The van der Waals surface area contributed by atoms with Crippen LogP contribution < -0.4 is 10.5 Å². The highest BCUT2D eigenvalue weighted by molar-refractivity contribution is 5.96. The van der Waals surface area contributed by atoms with Crippen LogP contribution in [-0.4, -0.2) is 31.0 Å². The van der Waals surface area contributed by atoms with Crippen molar-refractivity contribution in [1.29, 1.82) is 0 Å². The second-order valence-corrected chi connectivity index (χ2v) is 5.46. The molecule has 0 aromatic heterocycles. The molecule has 22 heavy (non-hydrogen) atoms. The minimum absolute atomic E-state index is 0.0442. The first-order valence-electron chi connectivity index (χ1n) is 7.28. The first-order valence-corrected chi connectivity index (χ1v) is 7.28. The van der Waals surface area contributed by atoms with E-state index in [-0.39, 0.29) is 5.91 Å². The van der Waals surface area contributed by atoms with Crippen LogP contribution in [0.2, 0.25) is 0 Å². The lowest BCUT2D eigenvalue weighted by atomic mass is 10.1. The molecule has 2 rings (SSSR count). The molecule has 0 aliphatic carbocycles. The molecule has 4 heteroatoms. The third-order valence-electron chi connectivity index (χ3n) is 3.56. The van der Waals surface area contributed by atoms with Gasteiger partial charge in [0.15, 0.2) is 0 Å². The van der Waals surface area contributed by atoms with Gasteiger partial charge in [0.25, 0.3) is 5.91 Å². The number of nitrogen functional groups attached to an aromatic ring is 1. The summed E-state index contributed by atoms with van der Waals surface area (Å²) in [6, 6.07) is 13.2. The van der Waals surface area contributed by atoms with E-state index in [1.807, 2.05) is 44.2 Å². The molecule has 1 amide bonds. The number of benzene rings is 2. The van der Waals surface area contributed by atoms with Crippen molar-refractivity contribution in [3.8, 4) is 5.75 Å². The molecule has 0 radical (unpaired) electrons. The predicted molar refractivity (Wildman–Crippen MR) is 89.2 cm³/mol. The van der Waals surface area contributed by atoms with E-state index in [2.05, 4.69) is 0 Å². The zero-order valence-corrected chi connectivity index (χ0v) is 13.3. The van der Waals surface area contributed by atoms with Crippen LogP contribution in [0.1, 0.15) is 21.5 Å². The van der Waals surface area contributed by atoms with Crippen LogP contribution in [0.4, 0.5) is 5.69 Å². The Morgan fingerprint density at radius 3 is 2.50 bits per heavy atom. The number of likely N-dealkylation sites (N-methyl/N-ethyl adjacent to an activating group) is 1. The lowest BCUT2D eigenvalue weighted by molar-refractivity contribution is 0.0773. The normalized spacial score (nSPS) is 10.3. The van der Waals surface area contributed by atoms with E-state index in [1.54, 1.807) is 24.1 Å². The molecule has 2 aromatic rings. The van der Waals surface area contributed by atoms with Crippen molar-refractivity contribution in [3.05, 3.63) is 59.2 Å². The number of hydrogen-bond donors (Lipinski definition) is 1. The number of rotatable bonds is 5. The van der Waals surface area contributed by atoms with E-state index >= 15 is 0 Å². The van der Waals surface area contributed by atoms with E-state index < -0.39 is 0 Å². The highest BCUT2D eigenvalue weighted by Gasteiger charge is 2.14. The van der Waals surface area contributed by atoms with Gasteiger partial charge in [-0.1, -0.05) is 23.8 Å². The summed E-state index contributed by atoms with van der Waals surface area (Å²) in [5.74, 6) is 0.767. The Morgan fingerprint density at radius 1 is 1.14 bits per heavy atom. The summed E-state index contributed by atoms with van der Waals surface area (Å²) in [5.41, 5.74) is 9.10. The molecule has 0 bridgehead atoms. The maximum atomic E-state index is 12.4. The molecule has 0 saturated heterocycles. The van der Waals surface area contributed by atoms with Gasteiger partial charge in [0.2, 0.25) is 0 Å². The number of ether oxygens (including phenoxy) is 1. The van der Waals surface area contributed by atoms with Crippen molar-refractivity contribution in [2.45, 2.75) is 13.8 Å². The number of nitrogens with zero attached hydrogens (tertiary/aromatic N) is 1. The first-order chi connectivity index (χ1) is 10.5. The molecular formula is C18H22N2O2. The summed E-state index contributed by atoms with van der Waals surface area (Å²) < 4.78 is 5.65. The first kappa shape index (κ1) is 15.9. The third-order valence-corrected chi connectivity index (χ3v) is 3.56. The number of nitrogens with two attached hydrogens (primary N) is 1. The molecule has 4 nitrogen and oxygen atoms in total. The molecule has 0 heterocycles. The van der Waals surface area contributed by atoms with E-state index in [0.29, 0.717) is 24.4 Å². The van der Waals surface area contributed by atoms with Gasteiger partial charge >= 0.3 is 0 Å². The largest absolute Gasteiger partial charge is 0.492 e. The van der Waals surface area contributed by atoms with Gasteiger partial charge in [-0.15, -0.1) is 0 Å². The average molecular weight is 298 g/mol. The molecule has 0 aliphatic heterocycles. The van der Waals surface area contributed by atoms with Crippen LogP contribution in [0.15, 0.2) is 42.5 Å². The fraction of sp³-hybridized carbons (Fsp3) is 0.278. The minimum atomic E-state index is -0.0442. The van der Waals surface area contributed by atoms with Gasteiger partial charge in [0.1, 0.15) is 12.4 Å². The molecule has 0 saturated carbocycles. The maximum absolute atomic E-state index is 12.4. The highest BCUT2D eigenvalue weighted by atomic mass is 16.5. The summed E-state index contributed by atoms with van der Waals surface area (Å²) in [6.07, 6.45) is 0. The minimum Gasteiger partial charge on any atom is -0.492 e. The molecule has 0 spiro atoms. The summed E-state index contributed by atoms with van der Waals surface area (Å²) in [6.45, 7) is 4.90. The van der Waals surface area contributed by atoms with Crippen molar-refractivity contribution in [2.24, 2.45) is 0 Å². The van der Waals surface area contributed by atoms with Crippen LogP contribution >= 0.6 is 0 Å². The number of anilines is 1. The molecular weight excluding hydrogens is 276 g/mol. The molecule has 0 fully saturated rings. The molecule has 2 aromatic carbocycles. The van der Waals surface area contributed by atoms with Gasteiger partial charge < -0.3 is 15.4 Å². The van der Waals surface area contributed by atoms with Gasteiger partial charge in [0, 0.05) is 18.3 Å². The molecule has 116 valence electrons. The van der Waals surface area contributed by atoms with E-state index in [1.165, 1.54) is 5.56 Å². The smallest absolute Gasteiger partial charge is 0.254 e. The Hall–Kier alpha value is -2.49. The van der Waals surface area contributed by atoms with Gasteiger partial charge in [-0.25, -0.2) is 0 Å². The SMILES string of the molecule is Cc1ccc(OCCN(C)C(=O)c2cc(N)ccc2C)cc1. The van der Waals surface area contributed by atoms with E-state index in [0.717, 1.165) is 11.3 Å². The topological polar surface area (TPSA) is 55.6 Å². The summed E-state index contributed by atoms with van der Waals surface area (Å²) in [7, 11) is 1.77. The quantitative estimate of drug-likeness (QED) is 0.863. The number of aryl methyl sites for hydroxylation is 2. The Balaban J connectivity index is 1.91. The summed E-state index contributed by atoms with van der Waals surface area (Å²) in [5, 5.41) is 0. The summed E-state index contributed by atoms with van der Waals surface area (Å²) >= 11 is 0. The van der Waals surface area contributed by atoms with Gasteiger partial charge in [-0.05, 0) is 43.7 Å². The maximum Gasteiger partial charge on any atom is 0.254 e. The number of carbonyl (C=O) groups excluding carboxylic acids is 1. The molecule has 0 atom stereocenters. The van der Waals surface area contributed by atoms with Crippen LogP contribution in [0.3, 0.4) is 0 Å². The number of carbonyl (C=O) groups is 1. The van der Waals surface area contributed by atoms with Crippen molar-refractivity contribution < 1.29 is 9.53 Å². The van der Waals surface area contributed by atoms with Crippen LogP contribution in [0.25, 0.3) is 0 Å². The van der Waals surface area contributed by atoms with Gasteiger partial charge in [0.05, 0.1) is 6.54 Å². The fourth-order valence-electron chi connectivity index (χ4n) is 2.11. The van der Waals surface area contributed by atoms with Crippen LogP contribution in [0, 0.1) is 13.8 Å². The Morgan fingerprint density at radius 2 is 1.82 bits per heavy atom. The molecule has 0 aliphatic rings. The van der Waals surface area contributed by atoms with E-state index in [9.17, 15) is 4.79 Å². The zero-order chi connectivity index (χ0) is 16.1. The fourth-order valence-corrected chi connectivity index (χ4v) is 2.11. The van der Waals surface area contributed by atoms with Crippen molar-refractivity contribution in [2.75, 3.05) is 25.9 Å². The lowest BCUT2D eigenvalue weighted by Gasteiger charge is -2.19. The number of hydrogen-bond acceptors (Lipinski definition) is 3. The number of amides is 1. The van der Waals surface area contributed by atoms with Crippen LogP contribution in [0.5, 0.6) is 5.75 Å². The van der Waals surface area contributed by atoms with Crippen molar-refractivity contribution in [3.63, 3.8) is 0 Å². The predicted octanol–water partition coefficient (Wildman–Crippen LogP) is 3.04. The summed E-state index contributed by atoms with van der Waals surface area (Å²) in [4.78, 5) is 14.1. The van der Waals surface area contributed by atoms with Gasteiger partial charge in [-0.3, -0.25) is 4.79 Å². The van der Waals surface area contributed by atoms with E-state index in [4.69, 9.17) is 10.5 Å². The monoisotopic (exact) mass is 298 g/mol. The Kier molecular flexibility index (Phi) is 5.04. The average Bonchev–Trinajstić information content (AvgIpc) is 2.51. The lowest BCUT2D eigenvalue weighted by Crippen LogP contribution is -2.31. The standard InChI is InChI=1S/C18H22N2O2/c1-13-4-8-16(9-5-13)22-11-10-20(3)18(21)17-12-15(19)7-6-14(17)2/h4-9,12H,10-11,19H2,1-3H3. The molecule has 0 unspecified atom stereocenters. The Bertz CT molecular complexity index is 651. The van der Waals surface area contributed by atoms with Crippen molar-refractivity contribution >= 4 is 11.6 Å². The third kappa shape index (κ3) is 4.01. The molecule has 2 N–H and O–H groups in total. The van der Waals surface area contributed by atoms with Crippen molar-refractivity contribution in [1.82, 2.24) is 4.90 Å². The Labute approximate surface area is 131 Å². The van der Waals surface area contributed by atoms with Gasteiger partial charge in [-0.2, -0.15) is 0 Å². The highest BCUT2D eigenvalue weighted by Crippen LogP contribution is 2.15. The zero-order valence-electron chi connectivity index (χ0n) is 13.3. The second kappa shape index (κ2) is 6.98.